The summed E-state index contributed by atoms with van der Waals surface area (Å²) < 4.78 is 26.0. The monoisotopic (exact) mass is 513 g/mol. The van der Waals surface area contributed by atoms with E-state index in [9.17, 15) is 18.0 Å². The summed E-state index contributed by atoms with van der Waals surface area (Å²) in [6.45, 7) is 5.68. The minimum absolute atomic E-state index is 0.116. The van der Waals surface area contributed by atoms with Crippen molar-refractivity contribution in [1.82, 2.24) is 10.2 Å². The quantitative estimate of drug-likeness (QED) is 0.520. The third-order valence-electron chi connectivity index (χ3n) is 4.91. The first-order valence-corrected chi connectivity index (χ1v) is 13.0. The second-order valence-electron chi connectivity index (χ2n) is 8.21. The number of hydrogen-bond donors (Lipinski definition) is 1. The summed E-state index contributed by atoms with van der Waals surface area (Å²) in [5.41, 5.74) is 1.06. The Hall–Kier alpha value is -2.29. The van der Waals surface area contributed by atoms with Crippen molar-refractivity contribution < 1.29 is 18.0 Å². The molecule has 0 fully saturated rings. The largest absolute Gasteiger partial charge is 0.354 e. The average Bonchev–Trinajstić information content (AvgIpc) is 2.74. The molecule has 2 aromatic carbocycles. The van der Waals surface area contributed by atoms with Crippen LogP contribution in [0.15, 0.2) is 48.5 Å². The fraction of sp³-hybridized carbons (Fsp3) is 0.391. The van der Waals surface area contributed by atoms with Crippen molar-refractivity contribution in [3.05, 3.63) is 64.1 Å². The summed E-state index contributed by atoms with van der Waals surface area (Å²) in [5.74, 6) is -0.590. The number of sulfonamides is 1. The van der Waals surface area contributed by atoms with Crippen LogP contribution in [0.4, 0.5) is 5.69 Å². The third-order valence-corrected chi connectivity index (χ3v) is 6.56. The van der Waals surface area contributed by atoms with Crippen molar-refractivity contribution in [3.63, 3.8) is 0 Å². The molecule has 2 aromatic rings. The summed E-state index contributed by atoms with van der Waals surface area (Å²) in [5, 5.41) is 3.82. The van der Waals surface area contributed by atoms with Crippen molar-refractivity contribution in [3.8, 4) is 0 Å². The van der Waals surface area contributed by atoms with Crippen LogP contribution in [0.1, 0.15) is 26.3 Å². The van der Waals surface area contributed by atoms with Crippen LogP contribution >= 0.6 is 23.2 Å². The minimum Gasteiger partial charge on any atom is -0.354 e. The van der Waals surface area contributed by atoms with Gasteiger partial charge in [-0.1, -0.05) is 49.2 Å². The predicted molar refractivity (Wildman–Crippen MR) is 133 cm³/mol. The lowest BCUT2D eigenvalue weighted by molar-refractivity contribution is -0.139. The van der Waals surface area contributed by atoms with E-state index >= 15 is 0 Å². The van der Waals surface area contributed by atoms with Crippen molar-refractivity contribution in [2.24, 2.45) is 5.92 Å². The third kappa shape index (κ3) is 8.21. The Bertz CT molecular complexity index is 1060. The number of rotatable bonds is 10. The maximum atomic E-state index is 13.4. The van der Waals surface area contributed by atoms with Crippen molar-refractivity contribution >= 4 is 50.7 Å². The number of carbonyl (C=O) groups excluding carboxylic acids is 2. The van der Waals surface area contributed by atoms with Gasteiger partial charge < -0.3 is 10.2 Å². The van der Waals surface area contributed by atoms with Gasteiger partial charge in [0, 0.05) is 23.1 Å². The molecule has 0 saturated heterocycles. The molecular formula is C23H29Cl2N3O4S. The summed E-state index contributed by atoms with van der Waals surface area (Å²) >= 11 is 11.9. The van der Waals surface area contributed by atoms with Gasteiger partial charge >= 0.3 is 0 Å². The second kappa shape index (κ2) is 11.7. The van der Waals surface area contributed by atoms with Crippen LogP contribution in [0.25, 0.3) is 0 Å². The van der Waals surface area contributed by atoms with E-state index in [0.29, 0.717) is 22.3 Å². The van der Waals surface area contributed by atoms with Crippen LogP contribution in [-0.4, -0.2) is 50.5 Å². The lowest BCUT2D eigenvalue weighted by Crippen LogP contribution is -2.51. The van der Waals surface area contributed by atoms with Gasteiger partial charge in [0.2, 0.25) is 21.8 Å². The molecule has 33 heavy (non-hydrogen) atoms. The van der Waals surface area contributed by atoms with Gasteiger partial charge in [0.15, 0.2) is 0 Å². The van der Waals surface area contributed by atoms with E-state index in [0.717, 1.165) is 16.1 Å². The molecular weight excluding hydrogens is 485 g/mol. The second-order valence-corrected chi connectivity index (χ2v) is 11.0. The average molecular weight is 514 g/mol. The molecule has 2 amide bonds. The summed E-state index contributed by atoms with van der Waals surface area (Å²) in [6, 6.07) is 12.2. The highest BCUT2D eigenvalue weighted by Crippen LogP contribution is 2.21. The van der Waals surface area contributed by atoms with E-state index in [2.05, 4.69) is 5.32 Å². The van der Waals surface area contributed by atoms with E-state index in [-0.39, 0.29) is 18.4 Å². The molecule has 0 spiro atoms. The predicted octanol–water partition coefficient (Wildman–Crippen LogP) is 3.95. The van der Waals surface area contributed by atoms with Gasteiger partial charge in [0.05, 0.1) is 11.9 Å². The fourth-order valence-corrected chi connectivity index (χ4v) is 4.14. The zero-order valence-electron chi connectivity index (χ0n) is 19.1. The molecule has 180 valence electrons. The van der Waals surface area contributed by atoms with Gasteiger partial charge in [0.25, 0.3) is 0 Å². The maximum absolute atomic E-state index is 13.4. The fourth-order valence-electron chi connectivity index (χ4n) is 3.04. The van der Waals surface area contributed by atoms with Gasteiger partial charge in [-0.25, -0.2) is 8.42 Å². The lowest BCUT2D eigenvalue weighted by atomic mass is 10.1. The number of halogens is 2. The van der Waals surface area contributed by atoms with Gasteiger partial charge in [-0.3, -0.25) is 13.9 Å². The van der Waals surface area contributed by atoms with Crippen molar-refractivity contribution in [2.45, 2.75) is 33.4 Å². The molecule has 0 unspecified atom stereocenters. The van der Waals surface area contributed by atoms with Crippen LogP contribution in [0.3, 0.4) is 0 Å². The van der Waals surface area contributed by atoms with Gasteiger partial charge in [-0.2, -0.15) is 0 Å². The summed E-state index contributed by atoms with van der Waals surface area (Å²) in [4.78, 5) is 27.5. The Labute approximate surface area is 205 Å². The Balaban J connectivity index is 2.34. The molecule has 2 rings (SSSR count). The highest BCUT2D eigenvalue weighted by Gasteiger charge is 2.30. The maximum Gasteiger partial charge on any atom is 0.244 e. The van der Waals surface area contributed by atoms with Gasteiger partial charge in [-0.15, -0.1) is 0 Å². The molecule has 10 heteroatoms. The van der Waals surface area contributed by atoms with Crippen LogP contribution in [0, 0.1) is 5.92 Å². The molecule has 1 N–H and O–H groups in total. The van der Waals surface area contributed by atoms with Crippen LogP contribution in [0.2, 0.25) is 10.0 Å². The van der Waals surface area contributed by atoms with Crippen LogP contribution in [-0.2, 0) is 26.2 Å². The topological polar surface area (TPSA) is 86.8 Å². The molecule has 0 radical (unpaired) electrons. The smallest absolute Gasteiger partial charge is 0.244 e. The summed E-state index contributed by atoms with van der Waals surface area (Å²) in [7, 11) is -3.78. The first kappa shape index (κ1) is 27.0. The number of nitrogens with one attached hydrogen (secondary N) is 1. The normalized spacial score (nSPS) is 12.3. The Morgan fingerprint density at radius 3 is 1.94 bits per heavy atom. The molecule has 0 aromatic heterocycles. The molecule has 0 aliphatic rings. The van der Waals surface area contributed by atoms with E-state index in [1.54, 1.807) is 43.3 Å². The first-order chi connectivity index (χ1) is 15.4. The molecule has 0 bridgehead atoms. The number of benzene rings is 2. The molecule has 0 aliphatic heterocycles. The van der Waals surface area contributed by atoms with Crippen LogP contribution in [0.5, 0.6) is 0 Å². The Kier molecular flexibility index (Phi) is 9.57. The summed E-state index contributed by atoms with van der Waals surface area (Å²) in [6.07, 6.45) is 1.02. The Morgan fingerprint density at radius 1 is 0.939 bits per heavy atom. The highest BCUT2D eigenvalue weighted by molar-refractivity contribution is 7.92. The Morgan fingerprint density at radius 2 is 1.45 bits per heavy atom. The highest BCUT2D eigenvalue weighted by atomic mass is 35.5. The first-order valence-electron chi connectivity index (χ1n) is 10.4. The molecule has 7 nitrogen and oxygen atoms in total. The molecule has 1 atom stereocenters. The van der Waals surface area contributed by atoms with Gasteiger partial charge in [0.1, 0.15) is 12.6 Å². The number of carbonyl (C=O) groups is 2. The number of amides is 2. The zero-order valence-corrected chi connectivity index (χ0v) is 21.4. The van der Waals surface area contributed by atoms with Crippen LogP contribution < -0.4 is 9.62 Å². The van der Waals surface area contributed by atoms with E-state index in [4.69, 9.17) is 23.2 Å². The van der Waals surface area contributed by atoms with Gasteiger partial charge in [-0.05, 0) is 54.8 Å². The standard InChI is InChI=1S/C23H29Cl2N3O4S/c1-16(2)13-26-23(30)17(3)27(14-18-5-7-19(24)8-6-18)22(29)15-28(33(4,31)32)21-11-9-20(25)10-12-21/h5-12,16-17H,13-15H2,1-4H3,(H,26,30)/t17-/m0/s1. The van der Waals surface area contributed by atoms with Crippen molar-refractivity contribution in [2.75, 3.05) is 23.7 Å². The SMILES string of the molecule is CC(C)CNC(=O)[C@H](C)N(Cc1ccc(Cl)cc1)C(=O)CN(c1ccc(Cl)cc1)S(C)(=O)=O. The lowest BCUT2D eigenvalue weighted by Gasteiger charge is -2.31. The van der Waals surface area contributed by atoms with E-state index in [1.807, 2.05) is 13.8 Å². The number of nitrogens with zero attached hydrogens (tertiary/aromatic N) is 2. The van der Waals surface area contributed by atoms with E-state index in [1.165, 1.54) is 17.0 Å². The van der Waals surface area contributed by atoms with Crippen molar-refractivity contribution in [1.29, 1.82) is 0 Å². The van der Waals surface area contributed by atoms with E-state index < -0.39 is 28.5 Å². The number of hydrogen-bond acceptors (Lipinski definition) is 4. The molecule has 0 heterocycles. The zero-order chi connectivity index (χ0) is 24.8. The molecule has 0 aliphatic carbocycles. The molecule has 0 saturated carbocycles. The minimum atomic E-state index is -3.78. The number of anilines is 1.